The number of amides is 1. The lowest BCUT2D eigenvalue weighted by molar-refractivity contribution is -0.124. The number of hydrogen-bond donors (Lipinski definition) is 2. The molecule has 1 amide bonds. The number of rotatable bonds is 4. The van der Waals surface area contributed by atoms with Crippen LogP contribution in [0.25, 0.3) is 0 Å². The Balaban J connectivity index is 2.03. The van der Waals surface area contributed by atoms with Crippen LogP contribution in [-0.4, -0.2) is 28.5 Å². The van der Waals surface area contributed by atoms with E-state index >= 15 is 0 Å². The lowest BCUT2D eigenvalue weighted by Crippen LogP contribution is -2.47. The predicted octanol–water partition coefficient (Wildman–Crippen LogP) is 1.02. The summed E-state index contributed by atoms with van der Waals surface area (Å²) < 4.78 is 0. The zero-order chi connectivity index (χ0) is 13.0. The number of nitrogens with zero attached hydrogens (tertiary/aromatic N) is 1. The van der Waals surface area contributed by atoms with Gasteiger partial charge in [-0.3, -0.25) is 9.69 Å². The predicted molar refractivity (Wildman–Crippen MR) is 69.6 cm³/mol. The third kappa shape index (κ3) is 3.09. The van der Waals surface area contributed by atoms with Crippen LogP contribution < -0.4 is 5.73 Å². The molecule has 1 aromatic rings. The molecule has 4 nitrogen and oxygen atoms in total. The van der Waals surface area contributed by atoms with Crippen molar-refractivity contribution in [1.82, 2.24) is 4.90 Å². The highest BCUT2D eigenvalue weighted by Crippen LogP contribution is 2.19. The lowest BCUT2D eigenvalue weighted by Gasteiger charge is -2.33. The van der Waals surface area contributed by atoms with Gasteiger partial charge < -0.3 is 10.8 Å². The topological polar surface area (TPSA) is 66.6 Å². The molecule has 1 heterocycles. The minimum absolute atomic E-state index is 0.0634. The van der Waals surface area contributed by atoms with Crippen molar-refractivity contribution in [2.24, 2.45) is 5.73 Å². The lowest BCUT2D eigenvalue weighted by atomic mass is 10.0. The molecule has 3 N–H and O–H groups in total. The second-order valence-corrected chi connectivity index (χ2v) is 4.86. The average Bonchev–Trinajstić information content (AvgIpc) is 2.40. The fraction of sp³-hybridized carbons (Fsp3) is 0.500. The quantitative estimate of drug-likeness (QED) is 0.836. The first-order chi connectivity index (χ1) is 8.70. The molecule has 0 aliphatic carbocycles. The first kappa shape index (κ1) is 13.1. The van der Waals surface area contributed by atoms with Crippen molar-refractivity contribution in [1.29, 1.82) is 0 Å². The standard InChI is InChI=1S/C14H20N2O2/c15-14(18)13-3-1-2-8-16(13)9-11-4-6-12(10-17)7-5-11/h4-7,13,17H,1-3,8-10H2,(H2,15,18). The molecule has 1 saturated heterocycles. The Labute approximate surface area is 107 Å². The smallest absolute Gasteiger partial charge is 0.234 e. The van der Waals surface area contributed by atoms with Crippen molar-refractivity contribution >= 4 is 5.91 Å². The van der Waals surface area contributed by atoms with Crippen LogP contribution in [0.2, 0.25) is 0 Å². The van der Waals surface area contributed by atoms with Gasteiger partial charge in [0.1, 0.15) is 0 Å². The number of primary amides is 1. The van der Waals surface area contributed by atoms with Crippen molar-refractivity contribution in [3.63, 3.8) is 0 Å². The largest absolute Gasteiger partial charge is 0.392 e. The average molecular weight is 248 g/mol. The van der Waals surface area contributed by atoms with Crippen LogP contribution in [0.15, 0.2) is 24.3 Å². The monoisotopic (exact) mass is 248 g/mol. The van der Waals surface area contributed by atoms with E-state index in [9.17, 15) is 4.79 Å². The van der Waals surface area contributed by atoms with Gasteiger partial charge in [-0.2, -0.15) is 0 Å². The van der Waals surface area contributed by atoms with Crippen LogP contribution in [0.1, 0.15) is 30.4 Å². The van der Waals surface area contributed by atoms with Gasteiger partial charge in [0.25, 0.3) is 0 Å². The van der Waals surface area contributed by atoms with Gasteiger partial charge in [-0.15, -0.1) is 0 Å². The Bertz CT molecular complexity index is 403. The first-order valence-corrected chi connectivity index (χ1v) is 6.43. The highest BCUT2D eigenvalue weighted by Gasteiger charge is 2.26. The van der Waals surface area contributed by atoms with Crippen molar-refractivity contribution < 1.29 is 9.90 Å². The SMILES string of the molecule is NC(=O)C1CCCCN1Cc1ccc(CO)cc1. The zero-order valence-corrected chi connectivity index (χ0v) is 10.5. The second-order valence-electron chi connectivity index (χ2n) is 4.86. The fourth-order valence-corrected chi connectivity index (χ4v) is 2.49. The Kier molecular flexibility index (Phi) is 4.33. The summed E-state index contributed by atoms with van der Waals surface area (Å²) in [6.07, 6.45) is 3.07. The van der Waals surface area contributed by atoms with Gasteiger partial charge in [-0.1, -0.05) is 30.7 Å². The molecular weight excluding hydrogens is 228 g/mol. The van der Waals surface area contributed by atoms with Gasteiger partial charge in [0.2, 0.25) is 5.91 Å². The molecule has 98 valence electrons. The van der Waals surface area contributed by atoms with Crippen LogP contribution in [0.4, 0.5) is 0 Å². The zero-order valence-electron chi connectivity index (χ0n) is 10.5. The molecule has 18 heavy (non-hydrogen) atoms. The minimum atomic E-state index is -0.221. The van der Waals surface area contributed by atoms with Gasteiger partial charge in [-0.25, -0.2) is 0 Å². The van der Waals surface area contributed by atoms with Crippen molar-refractivity contribution in [3.05, 3.63) is 35.4 Å². The summed E-state index contributed by atoms with van der Waals surface area (Å²) in [7, 11) is 0. The van der Waals surface area contributed by atoms with E-state index in [1.807, 2.05) is 24.3 Å². The van der Waals surface area contributed by atoms with Gasteiger partial charge in [0.15, 0.2) is 0 Å². The fourth-order valence-electron chi connectivity index (χ4n) is 2.49. The van der Waals surface area contributed by atoms with Gasteiger partial charge in [-0.05, 0) is 30.5 Å². The summed E-state index contributed by atoms with van der Waals surface area (Å²) in [5.41, 5.74) is 7.50. The van der Waals surface area contributed by atoms with Crippen LogP contribution in [-0.2, 0) is 17.9 Å². The van der Waals surface area contributed by atoms with E-state index in [1.165, 1.54) is 0 Å². The van der Waals surface area contributed by atoms with Crippen LogP contribution in [0, 0.1) is 0 Å². The molecule has 0 aromatic heterocycles. The van der Waals surface area contributed by atoms with Gasteiger partial charge in [0, 0.05) is 6.54 Å². The van der Waals surface area contributed by atoms with E-state index in [2.05, 4.69) is 4.90 Å². The molecule has 1 aromatic carbocycles. The Hall–Kier alpha value is -1.39. The molecule has 2 rings (SSSR count). The number of aliphatic hydroxyl groups is 1. The summed E-state index contributed by atoms with van der Waals surface area (Å²) in [4.78, 5) is 13.6. The number of carbonyl (C=O) groups is 1. The highest BCUT2D eigenvalue weighted by atomic mass is 16.3. The number of hydrogen-bond acceptors (Lipinski definition) is 3. The van der Waals surface area contributed by atoms with Crippen LogP contribution in [0.5, 0.6) is 0 Å². The van der Waals surface area contributed by atoms with E-state index in [1.54, 1.807) is 0 Å². The molecule has 1 fully saturated rings. The number of carbonyl (C=O) groups excluding carboxylic acids is 1. The summed E-state index contributed by atoms with van der Waals surface area (Å²) in [5, 5.41) is 8.99. The summed E-state index contributed by atoms with van der Waals surface area (Å²) in [6.45, 7) is 1.74. The van der Waals surface area contributed by atoms with Gasteiger partial charge >= 0.3 is 0 Å². The van der Waals surface area contributed by atoms with Crippen molar-refractivity contribution in [2.45, 2.75) is 38.5 Å². The Morgan fingerprint density at radius 2 is 1.94 bits per heavy atom. The highest BCUT2D eigenvalue weighted by molar-refractivity contribution is 5.79. The van der Waals surface area contributed by atoms with E-state index in [0.29, 0.717) is 0 Å². The Morgan fingerprint density at radius 1 is 1.28 bits per heavy atom. The van der Waals surface area contributed by atoms with E-state index in [-0.39, 0.29) is 18.6 Å². The molecule has 4 heteroatoms. The van der Waals surface area contributed by atoms with E-state index in [0.717, 1.165) is 43.5 Å². The second kappa shape index (κ2) is 5.98. The summed E-state index contributed by atoms with van der Waals surface area (Å²) in [6, 6.07) is 7.70. The third-order valence-electron chi connectivity index (χ3n) is 3.53. The van der Waals surface area contributed by atoms with Crippen molar-refractivity contribution in [3.8, 4) is 0 Å². The maximum atomic E-state index is 11.4. The summed E-state index contributed by atoms with van der Waals surface area (Å²) in [5.74, 6) is -0.221. The number of likely N-dealkylation sites (tertiary alicyclic amines) is 1. The third-order valence-corrected chi connectivity index (χ3v) is 3.53. The molecule has 0 saturated carbocycles. The number of piperidine rings is 1. The number of aliphatic hydroxyl groups excluding tert-OH is 1. The molecule has 0 bridgehead atoms. The maximum absolute atomic E-state index is 11.4. The molecule has 1 aliphatic heterocycles. The number of benzene rings is 1. The minimum Gasteiger partial charge on any atom is -0.392 e. The molecule has 1 aliphatic rings. The van der Waals surface area contributed by atoms with Gasteiger partial charge in [0.05, 0.1) is 12.6 Å². The first-order valence-electron chi connectivity index (χ1n) is 6.43. The molecular formula is C14H20N2O2. The molecule has 0 radical (unpaired) electrons. The molecule has 0 spiro atoms. The summed E-state index contributed by atoms with van der Waals surface area (Å²) >= 11 is 0. The van der Waals surface area contributed by atoms with Crippen LogP contribution >= 0.6 is 0 Å². The van der Waals surface area contributed by atoms with Crippen molar-refractivity contribution in [2.75, 3.05) is 6.54 Å². The molecule has 1 unspecified atom stereocenters. The maximum Gasteiger partial charge on any atom is 0.234 e. The number of nitrogens with two attached hydrogens (primary N) is 1. The Morgan fingerprint density at radius 3 is 2.56 bits per heavy atom. The molecule has 1 atom stereocenters. The van der Waals surface area contributed by atoms with E-state index in [4.69, 9.17) is 10.8 Å². The normalized spacial score (nSPS) is 20.8. The van der Waals surface area contributed by atoms with Crippen LogP contribution in [0.3, 0.4) is 0 Å². The van der Waals surface area contributed by atoms with E-state index < -0.39 is 0 Å².